The fourth-order valence-corrected chi connectivity index (χ4v) is 3.61. The molecule has 3 aromatic rings. The molecule has 4 heterocycles. The van der Waals surface area contributed by atoms with E-state index in [1.54, 1.807) is 23.1 Å². The lowest BCUT2D eigenvalue weighted by atomic mass is 10.1. The Morgan fingerprint density at radius 3 is 2.45 bits per heavy atom. The third kappa shape index (κ3) is 4.43. The molecule has 0 unspecified atom stereocenters. The van der Waals surface area contributed by atoms with E-state index in [0.717, 1.165) is 30.0 Å². The van der Waals surface area contributed by atoms with Crippen molar-refractivity contribution in [2.24, 2.45) is 7.05 Å². The second-order valence-electron chi connectivity index (χ2n) is 7.57. The molecule has 0 spiro atoms. The molecule has 0 saturated carbocycles. The van der Waals surface area contributed by atoms with E-state index in [9.17, 15) is 5.11 Å². The van der Waals surface area contributed by atoms with Crippen molar-refractivity contribution in [1.82, 2.24) is 30.3 Å². The number of aryl methyl sites for hydroxylation is 1. The maximum atomic E-state index is 10.4. The Balaban J connectivity index is 1.50. The van der Waals surface area contributed by atoms with Gasteiger partial charge in [0.2, 0.25) is 0 Å². The average Bonchev–Trinajstić information content (AvgIpc) is 3.11. The van der Waals surface area contributed by atoms with Gasteiger partial charge in [-0.25, -0.2) is 4.98 Å². The number of anilines is 1. The first-order valence-electron chi connectivity index (χ1n) is 9.69. The molecule has 1 aliphatic heterocycles. The summed E-state index contributed by atoms with van der Waals surface area (Å²) in [5.74, 6) is 0.911. The monoisotopic (exact) mass is 391 g/mol. The Hall–Kier alpha value is -3.26. The number of nitrogens with zero attached hydrogens (tertiary/aromatic N) is 6. The third-order valence-electron chi connectivity index (χ3n) is 4.86. The highest BCUT2D eigenvalue weighted by Crippen LogP contribution is 2.27. The first-order chi connectivity index (χ1) is 14.0. The molecular weight excluding hydrogens is 366 g/mol. The highest BCUT2D eigenvalue weighted by atomic mass is 16.3. The number of nitrogens with one attached hydrogen (secondary N) is 1. The number of hydrogen-bond donors (Lipinski definition) is 2. The Morgan fingerprint density at radius 2 is 1.83 bits per heavy atom. The van der Waals surface area contributed by atoms with Crippen molar-refractivity contribution in [3.63, 3.8) is 0 Å². The Bertz CT molecular complexity index is 1000. The molecule has 8 heteroatoms. The third-order valence-corrected chi connectivity index (χ3v) is 4.86. The molecule has 1 fully saturated rings. The minimum absolute atomic E-state index is 0.0739. The molecule has 0 radical (unpaired) electrons. The Labute approximate surface area is 169 Å². The van der Waals surface area contributed by atoms with Crippen LogP contribution in [-0.2, 0) is 7.05 Å². The van der Waals surface area contributed by atoms with E-state index in [-0.39, 0.29) is 5.75 Å². The zero-order valence-electron chi connectivity index (χ0n) is 16.8. The summed E-state index contributed by atoms with van der Waals surface area (Å²) in [6, 6.07) is 6.26. The summed E-state index contributed by atoms with van der Waals surface area (Å²) in [5.41, 5.74) is 2.74. The SMILES string of the molecule is C[C@H]1CN(c2ccc(-c3ncc(/C=C/c4cnn(C)c4)cc3O)nn2)C[C@H](C)N1. The van der Waals surface area contributed by atoms with Crippen LogP contribution in [0.25, 0.3) is 23.5 Å². The van der Waals surface area contributed by atoms with Crippen molar-refractivity contribution in [2.45, 2.75) is 25.9 Å². The molecular formula is C21H25N7O. The van der Waals surface area contributed by atoms with Gasteiger partial charge in [0.25, 0.3) is 0 Å². The van der Waals surface area contributed by atoms with E-state index in [2.05, 4.69) is 44.3 Å². The fourth-order valence-electron chi connectivity index (χ4n) is 3.61. The van der Waals surface area contributed by atoms with Crippen LogP contribution in [0.3, 0.4) is 0 Å². The van der Waals surface area contributed by atoms with Crippen LogP contribution in [0.2, 0.25) is 0 Å². The molecule has 2 atom stereocenters. The van der Waals surface area contributed by atoms with Crippen LogP contribution >= 0.6 is 0 Å². The lowest BCUT2D eigenvalue weighted by molar-refractivity contribution is 0.404. The molecule has 1 aliphatic rings. The molecule has 8 nitrogen and oxygen atoms in total. The standard InChI is InChI=1S/C21H25N7O/c1-14-11-28(12-15(2)24-14)20-7-6-18(25-26-20)21-19(29)8-16(9-22-21)4-5-17-10-23-27(3)13-17/h4-10,13-15,24,29H,11-12H2,1-3H3/b5-4+/t14-,15-/m0/s1. The van der Waals surface area contributed by atoms with E-state index in [1.807, 2.05) is 37.5 Å². The van der Waals surface area contributed by atoms with Gasteiger partial charge >= 0.3 is 0 Å². The number of piperazine rings is 1. The average molecular weight is 391 g/mol. The number of rotatable bonds is 4. The van der Waals surface area contributed by atoms with Gasteiger partial charge in [-0.3, -0.25) is 4.68 Å². The first-order valence-corrected chi connectivity index (χ1v) is 9.69. The number of hydrogen-bond acceptors (Lipinski definition) is 7. The van der Waals surface area contributed by atoms with Gasteiger partial charge in [-0.05, 0) is 37.6 Å². The zero-order chi connectivity index (χ0) is 20.4. The summed E-state index contributed by atoms with van der Waals surface area (Å²) in [5, 5.41) is 26.7. The lowest BCUT2D eigenvalue weighted by Crippen LogP contribution is -2.54. The van der Waals surface area contributed by atoms with Crippen LogP contribution in [0.15, 0.2) is 36.8 Å². The quantitative estimate of drug-likeness (QED) is 0.705. The summed E-state index contributed by atoms with van der Waals surface area (Å²) < 4.78 is 1.74. The van der Waals surface area contributed by atoms with Crippen molar-refractivity contribution >= 4 is 18.0 Å². The van der Waals surface area contributed by atoms with Gasteiger partial charge in [-0.15, -0.1) is 10.2 Å². The van der Waals surface area contributed by atoms with Crippen molar-refractivity contribution in [3.05, 3.63) is 47.9 Å². The molecule has 150 valence electrons. The maximum absolute atomic E-state index is 10.4. The van der Waals surface area contributed by atoms with Gasteiger partial charge in [0.15, 0.2) is 5.82 Å². The van der Waals surface area contributed by atoms with Crippen LogP contribution in [0, 0.1) is 0 Å². The molecule has 1 saturated heterocycles. The topological polar surface area (TPSA) is 92.0 Å². The molecule has 3 aromatic heterocycles. The smallest absolute Gasteiger partial charge is 0.151 e. The van der Waals surface area contributed by atoms with Crippen molar-refractivity contribution in [2.75, 3.05) is 18.0 Å². The Morgan fingerprint density at radius 1 is 1.07 bits per heavy atom. The zero-order valence-corrected chi connectivity index (χ0v) is 16.8. The van der Waals surface area contributed by atoms with Crippen LogP contribution in [0.5, 0.6) is 5.75 Å². The largest absolute Gasteiger partial charge is 0.506 e. The molecule has 4 rings (SSSR count). The lowest BCUT2D eigenvalue weighted by Gasteiger charge is -2.36. The minimum atomic E-state index is 0.0739. The molecule has 0 aliphatic carbocycles. The van der Waals surface area contributed by atoms with Crippen LogP contribution < -0.4 is 10.2 Å². The van der Waals surface area contributed by atoms with Gasteiger partial charge in [0.05, 0.1) is 6.20 Å². The molecule has 0 amide bonds. The molecule has 0 aromatic carbocycles. The first kappa shape index (κ1) is 19.1. The Kier molecular flexibility index (Phi) is 5.26. The van der Waals surface area contributed by atoms with Gasteiger partial charge in [-0.1, -0.05) is 12.2 Å². The summed E-state index contributed by atoms with van der Waals surface area (Å²) >= 11 is 0. The summed E-state index contributed by atoms with van der Waals surface area (Å²) in [6.07, 6.45) is 9.20. The van der Waals surface area contributed by atoms with Crippen LogP contribution in [0.1, 0.15) is 25.0 Å². The summed E-state index contributed by atoms with van der Waals surface area (Å²) in [6.45, 7) is 6.10. The maximum Gasteiger partial charge on any atom is 0.151 e. The highest BCUT2D eigenvalue weighted by Gasteiger charge is 2.22. The number of aromatic nitrogens is 5. The van der Waals surface area contributed by atoms with Gasteiger partial charge in [0.1, 0.15) is 17.1 Å². The van der Waals surface area contributed by atoms with E-state index in [0.29, 0.717) is 23.5 Å². The molecule has 29 heavy (non-hydrogen) atoms. The van der Waals surface area contributed by atoms with E-state index >= 15 is 0 Å². The predicted molar refractivity (Wildman–Crippen MR) is 113 cm³/mol. The van der Waals surface area contributed by atoms with Gasteiger partial charge in [-0.2, -0.15) is 5.10 Å². The molecule has 2 N–H and O–H groups in total. The van der Waals surface area contributed by atoms with E-state index in [4.69, 9.17) is 0 Å². The second kappa shape index (κ2) is 8.00. The predicted octanol–water partition coefficient (Wildman–Crippen LogP) is 2.33. The van der Waals surface area contributed by atoms with Crippen molar-refractivity contribution in [1.29, 1.82) is 0 Å². The number of aromatic hydroxyl groups is 1. The van der Waals surface area contributed by atoms with Crippen LogP contribution in [0.4, 0.5) is 5.82 Å². The normalized spacial score (nSPS) is 19.8. The van der Waals surface area contributed by atoms with Crippen molar-refractivity contribution < 1.29 is 5.11 Å². The molecule has 0 bridgehead atoms. The van der Waals surface area contributed by atoms with Crippen molar-refractivity contribution in [3.8, 4) is 17.1 Å². The summed E-state index contributed by atoms with van der Waals surface area (Å²) in [4.78, 5) is 6.61. The second-order valence-corrected chi connectivity index (χ2v) is 7.57. The van der Waals surface area contributed by atoms with E-state index in [1.165, 1.54) is 0 Å². The summed E-state index contributed by atoms with van der Waals surface area (Å²) in [7, 11) is 1.87. The van der Waals surface area contributed by atoms with Gasteiger partial charge in [0, 0.05) is 50.2 Å². The minimum Gasteiger partial charge on any atom is -0.506 e. The van der Waals surface area contributed by atoms with E-state index < -0.39 is 0 Å². The fraction of sp³-hybridized carbons (Fsp3) is 0.333. The highest BCUT2D eigenvalue weighted by molar-refractivity contribution is 5.72. The van der Waals surface area contributed by atoms with Gasteiger partial charge < -0.3 is 15.3 Å². The number of pyridine rings is 1. The van der Waals surface area contributed by atoms with Crippen LogP contribution in [-0.4, -0.2) is 55.2 Å².